The lowest BCUT2D eigenvalue weighted by atomic mass is 9.98. The Bertz CT molecular complexity index is 2210. The first-order valence-corrected chi connectivity index (χ1v) is 19.3. The maximum Gasteiger partial charge on any atom is 0.407 e. The molecular formula is C42H48N8O6. The van der Waals surface area contributed by atoms with Crippen molar-refractivity contribution in [3.63, 3.8) is 0 Å². The molecule has 0 radical (unpaired) electrons. The molecule has 4 atom stereocenters. The summed E-state index contributed by atoms with van der Waals surface area (Å²) in [5, 5.41) is 7.49. The van der Waals surface area contributed by atoms with Crippen molar-refractivity contribution >= 4 is 34.8 Å². The van der Waals surface area contributed by atoms with Crippen molar-refractivity contribution in [3.05, 3.63) is 84.7 Å². The molecule has 14 heteroatoms. The molecule has 2 fully saturated rings. The number of carbonyl (C=O) groups excluding carboxylic acids is 4. The molecule has 14 nitrogen and oxygen atoms in total. The van der Waals surface area contributed by atoms with Crippen molar-refractivity contribution in [2.75, 3.05) is 27.3 Å². The number of aromatic nitrogens is 4. The molecule has 3 aromatic carbocycles. The number of alkyl carbamates (subject to hydrolysis) is 2. The number of nitrogens with zero attached hydrogens (tertiary/aromatic N) is 4. The third kappa shape index (κ3) is 7.81. The Morgan fingerprint density at radius 3 is 1.57 bits per heavy atom. The zero-order valence-electron chi connectivity index (χ0n) is 32.1. The van der Waals surface area contributed by atoms with Gasteiger partial charge in [0.15, 0.2) is 0 Å². The van der Waals surface area contributed by atoms with Crippen LogP contribution in [0.3, 0.4) is 0 Å². The molecule has 2 aliphatic heterocycles. The lowest BCUT2D eigenvalue weighted by Gasteiger charge is -2.27. The first-order chi connectivity index (χ1) is 27.2. The number of methoxy groups -OCH3 is 2. The number of imidazole rings is 2. The van der Waals surface area contributed by atoms with Gasteiger partial charge in [-0.15, -0.1) is 0 Å². The zero-order chi connectivity index (χ0) is 39.3. The fraction of sp³-hybridized carbons (Fsp3) is 0.381. The Hall–Kier alpha value is -6.18. The van der Waals surface area contributed by atoms with Gasteiger partial charge in [0, 0.05) is 18.7 Å². The highest BCUT2D eigenvalue weighted by Gasteiger charge is 2.37. The molecule has 56 heavy (non-hydrogen) atoms. The predicted molar refractivity (Wildman–Crippen MR) is 211 cm³/mol. The predicted octanol–water partition coefficient (Wildman–Crippen LogP) is 6.88. The number of hydrogen-bond donors (Lipinski definition) is 4. The van der Waals surface area contributed by atoms with Gasteiger partial charge in [-0.05, 0) is 78.1 Å². The normalized spacial score (nSPS) is 17.8. The van der Waals surface area contributed by atoms with Crippen LogP contribution in [0.15, 0.2) is 73.1 Å². The Kier molecular flexibility index (Phi) is 11.3. The smallest absolute Gasteiger partial charge is 0.407 e. The van der Waals surface area contributed by atoms with E-state index in [1.54, 1.807) is 9.80 Å². The molecule has 0 aliphatic carbocycles. The first kappa shape index (κ1) is 38.1. The molecular weight excluding hydrogens is 713 g/mol. The third-order valence-electron chi connectivity index (χ3n) is 10.9. The molecule has 4 N–H and O–H groups in total. The van der Waals surface area contributed by atoms with Crippen LogP contribution in [0.2, 0.25) is 0 Å². The maximum atomic E-state index is 13.4. The van der Waals surface area contributed by atoms with Gasteiger partial charge in [-0.3, -0.25) is 9.59 Å². The monoisotopic (exact) mass is 760 g/mol. The zero-order valence-corrected chi connectivity index (χ0v) is 32.1. The molecule has 2 saturated heterocycles. The number of H-pyrrole nitrogens is 2. The minimum Gasteiger partial charge on any atom is -0.453 e. The number of likely N-dealkylation sites (tertiary alicyclic amines) is 2. The second kappa shape index (κ2) is 16.7. The second-order valence-corrected chi connectivity index (χ2v) is 14.3. The van der Waals surface area contributed by atoms with Gasteiger partial charge in [0.05, 0.1) is 50.1 Å². The van der Waals surface area contributed by atoms with Crippen molar-refractivity contribution < 1.29 is 28.7 Å². The Morgan fingerprint density at radius 2 is 1.09 bits per heavy atom. The van der Waals surface area contributed by atoms with Gasteiger partial charge < -0.3 is 39.9 Å². The fourth-order valence-electron chi connectivity index (χ4n) is 7.85. The van der Waals surface area contributed by atoms with Crippen LogP contribution in [-0.2, 0) is 19.1 Å². The number of carbonyl (C=O) groups is 4. The summed E-state index contributed by atoms with van der Waals surface area (Å²) < 4.78 is 9.43. The molecule has 4 unspecified atom stereocenters. The van der Waals surface area contributed by atoms with Gasteiger partial charge in [0.2, 0.25) is 11.8 Å². The van der Waals surface area contributed by atoms with Crippen LogP contribution in [0.5, 0.6) is 0 Å². The Morgan fingerprint density at radius 1 is 0.661 bits per heavy atom. The molecule has 0 spiro atoms. The second-order valence-electron chi connectivity index (χ2n) is 14.3. The summed E-state index contributed by atoms with van der Waals surface area (Å²) in [5.74, 6) is 1.19. The SMILES string of the molecule is CCC(NC(=O)OC)C(=O)N1CCCC1c1ncc(-c2ccc(-c3ccc4cc(-c5cnc(C6CCCN6C(=O)C(CC)NC(=O)OC)[nH]5)ccc4c3)cc2)[nH]1. The summed E-state index contributed by atoms with van der Waals surface area (Å²) in [6.07, 6.45) is 6.60. The van der Waals surface area contributed by atoms with E-state index < -0.39 is 24.3 Å². The first-order valence-electron chi connectivity index (χ1n) is 19.3. The number of amides is 4. The maximum absolute atomic E-state index is 13.4. The van der Waals surface area contributed by atoms with Gasteiger partial charge >= 0.3 is 12.2 Å². The van der Waals surface area contributed by atoms with E-state index >= 15 is 0 Å². The molecule has 4 amide bonds. The van der Waals surface area contributed by atoms with E-state index in [9.17, 15) is 19.2 Å². The molecule has 4 heterocycles. The quantitative estimate of drug-likeness (QED) is 0.113. The van der Waals surface area contributed by atoms with E-state index in [2.05, 4.69) is 91.2 Å². The van der Waals surface area contributed by atoms with E-state index in [-0.39, 0.29) is 23.9 Å². The van der Waals surface area contributed by atoms with Crippen LogP contribution in [0.25, 0.3) is 44.4 Å². The number of ether oxygens (including phenoxy) is 2. The Labute approximate surface area is 325 Å². The van der Waals surface area contributed by atoms with Crippen LogP contribution in [0.4, 0.5) is 9.59 Å². The van der Waals surface area contributed by atoms with Gasteiger partial charge in [0.1, 0.15) is 23.7 Å². The molecule has 0 saturated carbocycles. The van der Waals surface area contributed by atoms with Crippen LogP contribution < -0.4 is 10.6 Å². The summed E-state index contributed by atoms with van der Waals surface area (Å²) in [6.45, 7) is 4.93. The molecule has 0 bridgehead atoms. The minimum atomic E-state index is -0.655. The lowest BCUT2D eigenvalue weighted by molar-refractivity contribution is -0.135. The summed E-state index contributed by atoms with van der Waals surface area (Å²) in [6, 6.07) is 19.4. The number of aromatic amines is 2. The van der Waals surface area contributed by atoms with Crippen LogP contribution >= 0.6 is 0 Å². The van der Waals surface area contributed by atoms with Crippen LogP contribution in [0, 0.1) is 0 Å². The van der Waals surface area contributed by atoms with Gasteiger partial charge in [-0.1, -0.05) is 62.4 Å². The molecule has 2 aliphatic rings. The van der Waals surface area contributed by atoms with Crippen molar-refractivity contribution in [2.45, 2.75) is 76.5 Å². The van der Waals surface area contributed by atoms with E-state index in [1.807, 2.05) is 26.2 Å². The highest BCUT2D eigenvalue weighted by atomic mass is 16.5. The minimum absolute atomic E-state index is 0.135. The average molecular weight is 761 g/mol. The van der Waals surface area contributed by atoms with E-state index in [4.69, 9.17) is 9.47 Å². The number of nitrogens with one attached hydrogen (secondary N) is 4. The summed E-state index contributed by atoms with van der Waals surface area (Å²) in [5.41, 5.74) is 5.89. The average Bonchev–Trinajstić information content (AvgIpc) is 4.08. The molecule has 292 valence electrons. The fourth-order valence-corrected chi connectivity index (χ4v) is 7.85. The lowest BCUT2D eigenvalue weighted by Crippen LogP contribution is -2.48. The highest BCUT2D eigenvalue weighted by molar-refractivity contribution is 5.91. The molecule has 2 aromatic heterocycles. The summed E-state index contributed by atoms with van der Waals surface area (Å²) in [4.78, 5) is 70.2. The number of rotatable bonds is 11. The van der Waals surface area contributed by atoms with E-state index in [0.29, 0.717) is 25.9 Å². The number of fused-ring (bicyclic) bond motifs is 1. The van der Waals surface area contributed by atoms with Gasteiger partial charge in [-0.25, -0.2) is 19.6 Å². The van der Waals surface area contributed by atoms with Crippen LogP contribution in [-0.4, -0.2) is 93.1 Å². The van der Waals surface area contributed by atoms with Crippen molar-refractivity contribution in [2.24, 2.45) is 0 Å². The van der Waals surface area contributed by atoms with Crippen molar-refractivity contribution in [1.82, 2.24) is 40.4 Å². The van der Waals surface area contributed by atoms with Crippen molar-refractivity contribution in [3.8, 4) is 33.6 Å². The van der Waals surface area contributed by atoms with E-state index in [1.165, 1.54) is 14.2 Å². The number of benzene rings is 3. The van der Waals surface area contributed by atoms with Gasteiger partial charge in [-0.2, -0.15) is 0 Å². The third-order valence-corrected chi connectivity index (χ3v) is 10.9. The Balaban J connectivity index is 1.02. The topological polar surface area (TPSA) is 175 Å². The van der Waals surface area contributed by atoms with E-state index in [0.717, 1.165) is 81.7 Å². The van der Waals surface area contributed by atoms with Crippen LogP contribution in [0.1, 0.15) is 76.1 Å². The summed E-state index contributed by atoms with van der Waals surface area (Å²) >= 11 is 0. The molecule has 5 aromatic rings. The number of hydrogen-bond acceptors (Lipinski definition) is 8. The largest absolute Gasteiger partial charge is 0.453 e. The standard InChI is InChI=1S/C42H48N8O6/c1-5-31(47-41(53)55-3)39(51)49-19-7-9-35(49)37-43-23-33(45-37)26-13-11-25(12-14-26)27-15-16-29-22-30(18-17-28(29)21-27)34-24-44-38(46-34)36-10-8-20-50(36)40(52)32(6-2)48-42(54)56-4/h11-18,21-24,31-32,35-36H,5-10,19-20H2,1-4H3,(H,43,45)(H,44,46)(H,47,53)(H,48,54). The van der Waals surface area contributed by atoms with Gasteiger partial charge in [0.25, 0.3) is 0 Å². The van der Waals surface area contributed by atoms with Crippen molar-refractivity contribution in [1.29, 1.82) is 0 Å². The molecule has 7 rings (SSSR count). The highest BCUT2D eigenvalue weighted by Crippen LogP contribution is 2.35. The summed E-state index contributed by atoms with van der Waals surface area (Å²) in [7, 11) is 2.57.